The zero-order valence-electron chi connectivity index (χ0n) is 14.9. The molecule has 0 amide bonds. The molecule has 2 heterocycles. The Morgan fingerprint density at radius 1 is 1.21 bits per heavy atom. The third-order valence-electron chi connectivity index (χ3n) is 4.67. The fraction of sp³-hybridized carbons (Fsp3) is 0.100. The van der Waals surface area contributed by atoms with Gasteiger partial charge in [0.2, 0.25) is 0 Å². The van der Waals surface area contributed by atoms with Gasteiger partial charge in [-0.05, 0) is 35.9 Å². The number of hydrogen-bond acceptors (Lipinski definition) is 5. The number of rotatable bonds is 3. The van der Waals surface area contributed by atoms with Gasteiger partial charge in [-0.3, -0.25) is 9.48 Å². The highest BCUT2D eigenvalue weighted by molar-refractivity contribution is 6.31. The molecule has 7 nitrogen and oxygen atoms in total. The van der Waals surface area contributed by atoms with Crippen LogP contribution in [0.1, 0.15) is 11.3 Å². The number of nitrogens with two attached hydrogens (primary N) is 1. The molecule has 4 aromatic rings. The molecule has 0 spiro atoms. The van der Waals surface area contributed by atoms with E-state index in [9.17, 15) is 10.1 Å². The molecule has 2 aromatic heterocycles. The molecular weight excluding hydrogens is 376 g/mol. The third-order valence-corrected chi connectivity index (χ3v) is 4.90. The van der Waals surface area contributed by atoms with Crippen molar-refractivity contribution in [1.29, 1.82) is 5.26 Å². The standard InChI is InChI=1S/C20H15ClN6O/c1-27-19(15-7-13(21)4-2-12(15)8-22)17(10-24-27)11-3-5-14-16(6-11)18(9-23)25-26-20(14)28/h2-7,10H,9,23H2,1H3,(H,26,28). The topological polar surface area (TPSA) is 113 Å². The summed E-state index contributed by atoms with van der Waals surface area (Å²) in [6.07, 6.45) is 1.72. The van der Waals surface area contributed by atoms with Gasteiger partial charge in [-0.25, -0.2) is 5.10 Å². The van der Waals surface area contributed by atoms with E-state index in [2.05, 4.69) is 21.4 Å². The SMILES string of the molecule is Cn1ncc(-c2ccc3c(=O)[nH]nc(CN)c3c2)c1-c1cc(Cl)ccc1C#N. The molecule has 0 saturated heterocycles. The molecule has 0 radical (unpaired) electrons. The van der Waals surface area contributed by atoms with E-state index in [0.717, 1.165) is 16.8 Å². The lowest BCUT2D eigenvalue weighted by atomic mass is 9.96. The number of aryl methyl sites for hydroxylation is 1. The fourth-order valence-electron chi connectivity index (χ4n) is 3.32. The molecular formula is C20H15ClN6O. The summed E-state index contributed by atoms with van der Waals surface area (Å²) in [5.41, 5.74) is 9.70. The van der Waals surface area contributed by atoms with E-state index in [4.69, 9.17) is 17.3 Å². The van der Waals surface area contributed by atoms with Gasteiger partial charge in [0.15, 0.2) is 0 Å². The largest absolute Gasteiger partial charge is 0.325 e. The van der Waals surface area contributed by atoms with E-state index in [1.54, 1.807) is 42.2 Å². The van der Waals surface area contributed by atoms with Crippen molar-refractivity contribution in [3.8, 4) is 28.5 Å². The van der Waals surface area contributed by atoms with Crippen LogP contribution in [0.4, 0.5) is 0 Å². The van der Waals surface area contributed by atoms with E-state index in [1.807, 2.05) is 12.1 Å². The number of benzene rings is 2. The predicted molar refractivity (Wildman–Crippen MR) is 108 cm³/mol. The van der Waals surface area contributed by atoms with Crippen LogP contribution in [-0.2, 0) is 13.6 Å². The minimum atomic E-state index is -0.272. The summed E-state index contributed by atoms with van der Waals surface area (Å²) in [5, 5.41) is 22.1. The summed E-state index contributed by atoms with van der Waals surface area (Å²) in [4.78, 5) is 12.1. The Bertz CT molecular complexity index is 1310. The maximum Gasteiger partial charge on any atom is 0.272 e. The van der Waals surface area contributed by atoms with Crippen molar-refractivity contribution < 1.29 is 0 Å². The van der Waals surface area contributed by atoms with Crippen LogP contribution in [0.15, 0.2) is 47.4 Å². The quantitative estimate of drug-likeness (QED) is 0.558. The number of aromatic amines is 1. The van der Waals surface area contributed by atoms with Crippen molar-refractivity contribution in [1.82, 2.24) is 20.0 Å². The first-order valence-corrected chi connectivity index (χ1v) is 8.85. The molecule has 0 atom stereocenters. The van der Waals surface area contributed by atoms with E-state index in [1.165, 1.54) is 0 Å². The second-order valence-corrected chi connectivity index (χ2v) is 6.73. The third kappa shape index (κ3) is 2.85. The zero-order valence-corrected chi connectivity index (χ0v) is 15.7. The summed E-state index contributed by atoms with van der Waals surface area (Å²) < 4.78 is 1.70. The normalized spacial score (nSPS) is 10.9. The molecule has 0 unspecified atom stereocenters. The highest BCUT2D eigenvalue weighted by Crippen LogP contribution is 2.36. The molecule has 28 heavy (non-hydrogen) atoms. The van der Waals surface area contributed by atoms with Gasteiger partial charge < -0.3 is 5.73 Å². The van der Waals surface area contributed by atoms with Crippen molar-refractivity contribution >= 4 is 22.4 Å². The molecule has 8 heteroatoms. The van der Waals surface area contributed by atoms with Crippen molar-refractivity contribution in [3.05, 3.63) is 69.2 Å². The highest BCUT2D eigenvalue weighted by Gasteiger charge is 2.18. The van der Waals surface area contributed by atoms with Crippen LogP contribution in [0, 0.1) is 11.3 Å². The molecule has 0 aliphatic rings. The van der Waals surface area contributed by atoms with Crippen LogP contribution in [0.5, 0.6) is 0 Å². The molecule has 0 saturated carbocycles. The van der Waals surface area contributed by atoms with Crippen LogP contribution >= 0.6 is 11.6 Å². The Labute approximate surface area is 165 Å². The predicted octanol–water partition coefficient (Wildman–Crippen LogP) is 2.97. The lowest BCUT2D eigenvalue weighted by Gasteiger charge is -2.10. The highest BCUT2D eigenvalue weighted by atomic mass is 35.5. The number of nitrogens with zero attached hydrogens (tertiary/aromatic N) is 4. The van der Waals surface area contributed by atoms with Crippen LogP contribution in [-0.4, -0.2) is 20.0 Å². The van der Waals surface area contributed by atoms with Crippen LogP contribution in [0.3, 0.4) is 0 Å². The van der Waals surface area contributed by atoms with E-state index >= 15 is 0 Å². The van der Waals surface area contributed by atoms with Gasteiger partial charge in [0.05, 0.1) is 34.6 Å². The number of hydrogen-bond donors (Lipinski definition) is 2. The molecule has 0 aliphatic heterocycles. The number of H-pyrrole nitrogens is 1. The minimum absolute atomic E-state index is 0.198. The van der Waals surface area contributed by atoms with Crippen LogP contribution in [0.25, 0.3) is 33.2 Å². The van der Waals surface area contributed by atoms with Gasteiger partial charge in [0.1, 0.15) is 0 Å². The average Bonchev–Trinajstić information content (AvgIpc) is 3.09. The van der Waals surface area contributed by atoms with Gasteiger partial charge in [0.25, 0.3) is 5.56 Å². The van der Waals surface area contributed by atoms with Gasteiger partial charge in [-0.15, -0.1) is 0 Å². The average molecular weight is 391 g/mol. The first-order valence-electron chi connectivity index (χ1n) is 8.47. The smallest absolute Gasteiger partial charge is 0.272 e. The second-order valence-electron chi connectivity index (χ2n) is 6.30. The molecule has 0 bridgehead atoms. The Morgan fingerprint density at radius 2 is 2.04 bits per heavy atom. The number of halogens is 1. The van der Waals surface area contributed by atoms with Gasteiger partial charge >= 0.3 is 0 Å². The molecule has 0 fully saturated rings. The van der Waals surface area contributed by atoms with Crippen LogP contribution in [0.2, 0.25) is 5.02 Å². The molecule has 138 valence electrons. The monoisotopic (exact) mass is 390 g/mol. The first kappa shape index (κ1) is 17.9. The summed E-state index contributed by atoms with van der Waals surface area (Å²) in [6.45, 7) is 0.198. The van der Waals surface area contributed by atoms with Gasteiger partial charge in [-0.1, -0.05) is 17.7 Å². The van der Waals surface area contributed by atoms with Crippen molar-refractivity contribution in [2.24, 2.45) is 12.8 Å². The second kappa shape index (κ2) is 6.93. The van der Waals surface area contributed by atoms with Crippen molar-refractivity contribution in [3.63, 3.8) is 0 Å². The van der Waals surface area contributed by atoms with E-state index in [0.29, 0.717) is 32.6 Å². The maximum atomic E-state index is 12.1. The number of nitriles is 1. The summed E-state index contributed by atoms with van der Waals surface area (Å²) in [7, 11) is 1.81. The van der Waals surface area contributed by atoms with Gasteiger partial charge in [0, 0.05) is 35.1 Å². The van der Waals surface area contributed by atoms with Crippen molar-refractivity contribution in [2.75, 3.05) is 0 Å². The summed E-state index contributed by atoms with van der Waals surface area (Å²) in [6, 6.07) is 12.8. The van der Waals surface area contributed by atoms with Crippen molar-refractivity contribution in [2.45, 2.75) is 6.54 Å². The summed E-state index contributed by atoms with van der Waals surface area (Å²) in [5.74, 6) is 0. The Balaban J connectivity index is 2.00. The fourth-order valence-corrected chi connectivity index (χ4v) is 3.49. The molecule has 0 aliphatic carbocycles. The molecule has 2 aromatic carbocycles. The van der Waals surface area contributed by atoms with Crippen LogP contribution < -0.4 is 11.3 Å². The Morgan fingerprint density at radius 3 is 2.79 bits per heavy atom. The Kier molecular flexibility index (Phi) is 4.43. The lowest BCUT2D eigenvalue weighted by Crippen LogP contribution is -2.13. The summed E-state index contributed by atoms with van der Waals surface area (Å²) >= 11 is 6.18. The van der Waals surface area contributed by atoms with Gasteiger partial charge in [-0.2, -0.15) is 15.5 Å². The minimum Gasteiger partial charge on any atom is -0.325 e. The van der Waals surface area contributed by atoms with E-state index in [-0.39, 0.29) is 12.1 Å². The Hall–Kier alpha value is -3.47. The maximum absolute atomic E-state index is 12.1. The lowest BCUT2D eigenvalue weighted by molar-refractivity contribution is 0.776. The number of fused-ring (bicyclic) bond motifs is 1. The first-order chi connectivity index (χ1) is 13.5. The zero-order chi connectivity index (χ0) is 19.8. The molecule has 4 rings (SSSR count). The number of nitrogens with one attached hydrogen (secondary N) is 1. The number of aromatic nitrogens is 4. The van der Waals surface area contributed by atoms with E-state index < -0.39 is 0 Å². The molecule has 3 N–H and O–H groups in total.